The van der Waals surface area contributed by atoms with Crippen LogP contribution >= 0.6 is 0 Å². The van der Waals surface area contributed by atoms with Crippen molar-refractivity contribution in [2.45, 2.75) is 49.6 Å². The number of hydrogen-bond donors (Lipinski definition) is 1. The van der Waals surface area contributed by atoms with E-state index in [1.54, 1.807) is 18.3 Å². The Balaban J connectivity index is 1.44. The van der Waals surface area contributed by atoms with Crippen molar-refractivity contribution in [2.75, 3.05) is 0 Å². The average molecular weight is 449 g/mol. The Morgan fingerprint density at radius 3 is 2.88 bits per heavy atom. The van der Waals surface area contributed by atoms with Gasteiger partial charge in [-0.15, -0.1) is 10.1 Å². The van der Waals surface area contributed by atoms with Crippen molar-refractivity contribution in [1.29, 1.82) is 0 Å². The molecule has 0 spiro atoms. The average Bonchev–Trinajstić information content (AvgIpc) is 3.29. The van der Waals surface area contributed by atoms with Gasteiger partial charge in [-0.1, -0.05) is 18.7 Å². The van der Waals surface area contributed by atoms with Gasteiger partial charge in [0.2, 0.25) is 10.9 Å². The summed E-state index contributed by atoms with van der Waals surface area (Å²) in [6, 6.07) is 7.59. The second kappa shape index (κ2) is 7.84. The largest absolute Gasteiger partial charge is 0.361 e. The van der Waals surface area contributed by atoms with Crippen LogP contribution in [-0.4, -0.2) is 34.3 Å². The third-order valence-electron chi connectivity index (χ3n) is 5.79. The van der Waals surface area contributed by atoms with Crippen LogP contribution in [0, 0.1) is 6.57 Å². The molecule has 10 heteroatoms. The van der Waals surface area contributed by atoms with Crippen molar-refractivity contribution in [3.63, 3.8) is 0 Å². The van der Waals surface area contributed by atoms with Gasteiger partial charge in [0.1, 0.15) is 6.20 Å². The van der Waals surface area contributed by atoms with Gasteiger partial charge in [0, 0.05) is 0 Å². The molecule has 1 aromatic carbocycles. The molecule has 2 heterocycles. The molecule has 0 radical (unpaired) electrons. The first-order valence-corrected chi connectivity index (χ1v) is 11.9. The fourth-order valence-electron chi connectivity index (χ4n) is 4.13. The smallest absolute Gasteiger partial charge is 0.285 e. The van der Waals surface area contributed by atoms with Gasteiger partial charge in [0.15, 0.2) is 0 Å². The van der Waals surface area contributed by atoms with Gasteiger partial charge in [0.05, 0.1) is 18.7 Å². The van der Waals surface area contributed by atoms with E-state index in [1.807, 2.05) is 12.1 Å². The highest BCUT2D eigenvalue weighted by molar-refractivity contribution is 7.90. The SMILES string of the molecule is [C-]#[N+]c1cc(-c2ccc3c(c2CC(=O)NS(=O)(=O)c2cnn(C4CC4)n2)CCC3)ccn1. The van der Waals surface area contributed by atoms with Crippen LogP contribution in [0.5, 0.6) is 0 Å². The van der Waals surface area contributed by atoms with Gasteiger partial charge in [0.25, 0.3) is 15.8 Å². The van der Waals surface area contributed by atoms with E-state index < -0.39 is 15.9 Å². The van der Waals surface area contributed by atoms with Crippen LogP contribution in [-0.2, 0) is 34.1 Å². The molecule has 162 valence electrons. The Morgan fingerprint density at radius 2 is 2.09 bits per heavy atom. The number of aromatic nitrogens is 4. The molecule has 2 aliphatic rings. The summed E-state index contributed by atoms with van der Waals surface area (Å²) in [5, 5.41) is 7.75. The molecule has 2 aliphatic carbocycles. The number of aryl methyl sites for hydroxylation is 1. The molecule has 1 amide bonds. The summed E-state index contributed by atoms with van der Waals surface area (Å²) in [7, 11) is -4.11. The van der Waals surface area contributed by atoms with Gasteiger partial charge in [-0.05, 0) is 72.1 Å². The molecule has 1 saturated carbocycles. The Labute approximate surface area is 185 Å². The molecule has 1 fully saturated rings. The van der Waals surface area contributed by atoms with Gasteiger partial charge < -0.3 is 4.85 Å². The molecule has 3 aromatic rings. The number of sulfonamides is 1. The molecule has 5 rings (SSSR count). The number of hydrogen-bond acceptors (Lipinski definition) is 6. The quantitative estimate of drug-likeness (QED) is 0.581. The van der Waals surface area contributed by atoms with Crippen molar-refractivity contribution >= 4 is 21.7 Å². The summed E-state index contributed by atoms with van der Waals surface area (Å²) in [5.74, 6) is -0.369. The number of rotatable bonds is 6. The van der Waals surface area contributed by atoms with Gasteiger partial charge >= 0.3 is 0 Å². The Morgan fingerprint density at radius 1 is 1.25 bits per heavy atom. The molecule has 2 aromatic heterocycles. The molecule has 32 heavy (non-hydrogen) atoms. The third-order valence-corrected chi connectivity index (χ3v) is 7.03. The van der Waals surface area contributed by atoms with Crippen LogP contribution in [0.15, 0.2) is 41.7 Å². The fourth-order valence-corrected chi connectivity index (χ4v) is 4.98. The van der Waals surface area contributed by atoms with Crippen molar-refractivity contribution in [2.24, 2.45) is 0 Å². The molecular weight excluding hydrogens is 428 g/mol. The van der Waals surface area contributed by atoms with Gasteiger partial charge in [-0.2, -0.15) is 18.3 Å². The number of pyridine rings is 1. The summed E-state index contributed by atoms with van der Waals surface area (Å²) in [6.45, 7) is 7.22. The number of fused-ring (bicyclic) bond motifs is 1. The van der Waals surface area contributed by atoms with Crippen LogP contribution in [0.1, 0.15) is 42.0 Å². The molecule has 0 unspecified atom stereocenters. The van der Waals surface area contributed by atoms with Crippen LogP contribution in [0.3, 0.4) is 0 Å². The highest BCUT2D eigenvalue weighted by Crippen LogP contribution is 2.35. The number of nitrogens with zero attached hydrogens (tertiary/aromatic N) is 5. The Bertz CT molecular complexity index is 1370. The number of nitrogens with one attached hydrogen (secondary N) is 1. The normalized spacial score (nSPS) is 15.2. The fraction of sp³-hybridized carbons (Fsp3) is 0.318. The topological polar surface area (TPSA) is 111 Å². The number of amides is 1. The van der Waals surface area contributed by atoms with Crippen molar-refractivity contribution in [3.8, 4) is 11.1 Å². The number of benzene rings is 1. The monoisotopic (exact) mass is 448 g/mol. The van der Waals surface area contributed by atoms with Gasteiger partial charge in [-0.3, -0.25) is 4.79 Å². The Kier molecular flexibility index (Phi) is 4.98. The highest BCUT2D eigenvalue weighted by Gasteiger charge is 2.29. The van der Waals surface area contributed by atoms with E-state index in [-0.39, 0.29) is 23.3 Å². The highest BCUT2D eigenvalue weighted by atomic mass is 32.2. The lowest BCUT2D eigenvalue weighted by molar-refractivity contribution is -0.118. The Hall–Kier alpha value is -3.58. The number of carbonyl (C=O) groups excluding carboxylic acids is 1. The second-order valence-corrected chi connectivity index (χ2v) is 9.67. The second-order valence-electron chi connectivity index (χ2n) is 8.04. The zero-order valence-electron chi connectivity index (χ0n) is 17.2. The van der Waals surface area contributed by atoms with Crippen LogP contribution in [0.2, 0.25) is 0 Å². The van der Waals surface area contributed by atoms with E-state index in [4.69, 9.17) is 6.57 Å². The predicted molar refractivity (Wildman–Crippen MR) is 115 cm³/mol. The minimum Gasteiger partial charge on any atom is -0.361 e. The van der Waals surface area contributed by atoms with Crippen LogP contribution in [0.25, 0.3) is 16.0 Å². The van der Waals surface area contributed by atoms with E-state index in [0.717, 1.165) is 54.4 Å². The molecule has 0 bridgehead atoms. The van der Waals surface area contributed by atoms with E-state index in [0.29, 0.717) is 0 Å². The summed E-state index contributed by atoms with van der Waals surface area (Å²) in [4.78, 5) is 21.6. The molecule has 9 nitrogen and oxygen atoms in total. The predicted octanol–water partition coefficient (Wildman–Crippen LogP) is 2.76. The minimum absolute atomic E-state index is 0.0931. The van der Waals surface area contributed by atoms with E-state index in [2.05, 4.69) is 24.7 Å². The van der Waals surface area contributed by atoms with E-state index in [9.17, 15) is 13.2 Å². The summed E-state index contributed by atoms with van der Waals surface area (Å²) in [6.07, 6.45) is 7.23. The lowest BCUT2D eigenvalue weighted by atomic mass is 9.91. The molecular formula is C22H20N6O3S. The zero-order valence-corrected chi connectivity index (χ0v) is 18.0. The molecule has 0 atom stereocenters. The zero-order chi connectivity index (χ0) is 22.3. The first-order valence-electron chi connectivity index (χ1n) is 10.4. The standard InChI is InChI=1S/C22H20N6O3S/c1-23-20-11-15(9-10-24-20)18-8-5-14-3-2-4-17(14)19(18)12-21(29)27-32(30,31)22-13-25-28(26-22)16-6-7-16/h5,8-11,13,16H,2-4,6-7,12H2,(H,27,29). The van der Waals surface area contributed by atoms with E-state index in [1.165, 1.54) is 16.6 Å². The van der Waals surface area contributed by atoms with Crippen molar-refractivity contribution in [1.82, 2.24) is 24.7 Å². The minimum atomic E-state index is -4.11. The van der Waals surface area contributed by atoms with Gasteiger partial charge in [-0.25, -0.2) is 4.72 Å². The lowest BCUT2D eigenvalue weighted by Gasteiger charge is -2.15. The summed E-state index contributed by atoms with van der Waals surface area (Å²) < 4.78 is 27.5. The lowest BCUT2D eigenvalue weighted by Crippen LogP contribution is -2.32. The van der Waals surface area contributed by atoms with Crippen LogP contribution in [0.4, 0.5) is 5.82 Å². The third kappa shape index (κ3) is 3.87. The van der Waals surface area contributed by atoms with E-state index >= 15 is 0 Å². The van der Waals surface area contributed by atoms with Crippen molar-refractivity contribution in [3.05, 3.63) is 64.8 Å². The maximum Gasteiger partial charge on any atom is 0.285 e. The summed E-state index contributed by atoms with van der Waals surface area (Å²) in [5.41, 5.74) is 4.63. The molecule has 0 aliphatic heterocycles. The van der Waals surface area contributed by atoms with Crippen molar-refractivity contribution < 1.29 is 13.2 Å². The molecule has 0 saturated heterocycles. The first kappa shape index (κ1) is 20.3. The summed E-state index contributed by atoms with van der Waals surface area (Å²) >= 11 is 0. The maximum atomic E-state index is 12.9. The maximum absolute atomic E-state index is 12.9. The molecule has 1 N–H and O–H groups in total. The first-order chi connectivity index (χ1) is 15.4. The van der Waals surface area contributed by atoms with Crippen LogP contribution < -0.4 is 4.72 Å². The number of carbonyl (C=O) groups is 1.